The molecule has 27 heavy (non-hydrogen) atoms. The topological polar surface area (TPSA) is 66.9 Å². The Kier molecular flexibility index (Phi) is 4.85. The average molecular weight is 367 g/mol. The van der Waals surface area contributed by atoms with Gasteiger partial charge in [0.1, 0.15) is 17.4 Å². The van der Waals surface area contributed by atoms with E-state index in [4.69, 9.17) is 4.74 Å². The third-order valence-electron chi connectivity index (χ3n) is 5.00. The molecule has 1 N–H and O–H groups in total. The number of methoxy groups -OCH3 is 1. The fourth-order valence-corrected chi connectivity index (χ4v) is 3.64. The molecule has 1 aliphatic rings. The maximum Gasteiger partial charge on any atom is 0.127 e. The molecule has 0 spiro atoms. The van der Waals surface area contributed by atoms with E-state index < -0.39 is 0 Å². The molecule has 3 heterocycles. The molecule has 4 rings (SSSR count). The van der Waals surface area contributed by atoms with Crippen molar-refractivity contribution in [3.05, 3.63) is 71.1 Å². The van der Waals surface area contributed by atoms with E-state index in [1.54, 1.807) is 19.5 Å². The summed E-state index contributed by atoms with van der Waals surface area (Å²) in [5.74, 6) is 1.23. The number of benzene rings is 1. The fourth-order valence-electron chi connectivity index (χ4n) is 3.64. The van der Waals surface area contributed by atoms with E-state index in [1.165, 1.54) is 12.1 Å². The first-order valence-corrected chi connectivity index (χ1v) is 9.09. The van der Waals surface area contributed by atoms with Gasteiger partial charge in [0, 0.05) is 55.1 Å². The number of aromatic nitrogens is 4. The van der Waals surface area contributed by atoms with E-state index >= 15 is 0 Å². The van der Waals surface area contributed by atoms with Gasteiger partial charge in [-0.1, -0.05) is 6.92 Å². The first-order chi connectivity index (χ1) is 13.2. The van der Waals surface area contributed by atoms with Crippen LogP contribution in [0.5, 0.6) is 5.75 Å². The number of aromatic amines is 1. The number of nitrogens with one attached hydrogen (secondary N) is 1. The predicted octanol–water partition coefficient (Wildman–Crippen LogP) is 3.06. The molecule has 2 aromatic heterocycles. The Morgan fingerprint density at radius 2 is 2.07 bits per heavy atom. The lowest BCUT2D eigenvalue weighted by atomic mass is 9.96. The first kappa shape index (κ1) is 17.6. The lowest BCUT2D eigenvalue weighted by molar-refractivity contribution is 0.197. The average Bonchev–Trinajstić information content (AvgIpc) is 3.17. The molecule has 0 fully saturated rings. The standard InChI is InChI=1S/C20H22FN5O/c1-3-18-22-9-14(10-23-18)20-19-16(24-12-25-19)6-7-26(20)11-13-8-15(21)4-5-17(13)27-2/h4-5,8-10,12,20H,3,6-7,11H2,1-2H3,(H,24,25). The van der Waals surface area contributed by atoms with Crippen LogP contribution in [0.1, 0.15) is 41.3 Å². The summed E-state index contributed by atoms with van der Waals surface area (Å²) in [5.41, 5.74) is 3.90. The number of nitrogens with zero attached hydrogens (tertiary/aromatic N) is 4. The number of hydrogen-bond donors (Lipinski definition) is 1. The van der Waals surface area contributed by atoms with E-state index in [1.807, 2.05) is 19.3 Å². The molecule has 0 amide bonds. The van der Waals surface area contributed by atoms with Crippen molar-refractivity contribution in [2.24, 2.45) is 0 Å². The molecular formula is C20H22FN5O. The molecule has 3 aromatic rings. The van der Waals surface area contributed by atoms with Crippen LogP contribution in [0.2, 0.25) is 0 Å². The van der Waals surface area contributed by atoms with Crippen molar-refractivity contribution >= 4 is 0 Å². The normalized spacial score (nSPS) is 16.9. The number of aryl methyl sites for hydroxylation is 1. The highest BCUT2D eigenvalue weighted by Gasteiger charge is 2.32. The zero-order valence-electron chi connectivity index (χ0n) is 15.4. The monoisotopic (exact) mass is 367 g/mol. The van der Waals surface area contributed by atoms with Gasteiger partial charge in [-0.2, -0.15) is 0 Å². The number of rotatable bonds is 5. The van der Waals surface area contributed by atoms with Crippen LogP contribution in [0.4, 0.5) is 4.39 Å². The van der Waals surface area contributed by atoms with Gasteiger partial charge in [-0.3, -0.25) is 4.90 Å². The largest absolute Gasteiger partial charge is 0.496 e. The van der Waals surface area contributed by atoms with Crippen molar-refractivity contribution in [3.63, 3.8) is 0 Å². The second kappa shape index (κ2) is 7.44. The summed E-state index contributed by atoms with van der Waals surface area (Å²) in [7, 11) is 1.60. The summed E-state index contributed by atoms with van der Waals surface area (Å²) in [4.78, 5) is 19.0. The molecule has 140 valence electrons. The maximum atomic E-state index is 13.8. The minimum atomic E-state index is -0.268. The number of fused-ring (bicyclic) bond motifs is 1. The van der Waals surface area contributed by atoms with Gasteiger partial charge in [0.15, 0.2) is 0 Å². The summed E-state index contributed by atoms with van der Waals surface area (Å²) in [6, 6.07) is 4.54. The highest BCUT2D eigenvalue weighted by atomic mass is 19.1. The minimum Gasteiger partial charge on any atom is -0.496 e. The molecule has 1 unspecified atom stereocenters. The predicted molar refractivity (Wildman–Crippen MR) is 98.9 cm³/mol. The number of imidazole rings is 1. The van der Waals surface area contributed by atoms with Crippen LogP contribution in [0, 0.1) is 5.82 Å². The van der Waals surface area contributed by atoms with Crippen LogP contribution in [0.15, 0.2) is 36.9 Å². The third-order valence-corrected chi connectivity index (χ3v) is 5.00. The van der Waals surface area contributed by atoms with Gasteiger partial charge in [-0.25, -0.2) is 19.3 Å². The third kappa shape index (κ3) is 3.42. The molecule has 0 saturated heterocycles. The number of H-pyrrole nitrogens is 1. The van der Waals surface area contributed by atoms with Gasteiger partial charge in [0.2, 0.25) is 0 Å². The number of hydrogen-bond acceptors (Lipinski definition) is 5. The Morgan fingerprint density at radius 3 is 2.81 bits per heavy atom. The Bertz CT molecular complexity index is 924. The molecule has 1 atom stereocenters. The van der Waals surface area contributed by atoms with Crippen LogP contribution in [-0.4, -0.2) is 38.5 Å². The quantitative estimate of drug-likeness (QED) is 0.751. The highest BCUT2D eigenvalue weighted by Crippen LogP contribution is 2.35. The van der Waals surface area contributed by atoms with Crippen molar-refractivity contribution in [2.45, 2.75) is 32.4 Å². The maximum absolute atomic E-state index is 13.8. The van der Waals surface area contributed by atoms with E-state index in [-0.39, 0.29) is 11.9 Å². The number of ether oxygens (including phenoxy) is 1. The molecule has 0 saturated carbocycles. The van der Waals surface area contributed by atoms with Gasteiger partial charge in [0.25, 0.3) is 0 Å². The van der Waals surface area contributed by atoms with Crippen molar-refractivity contribution in [1.29, 1.82) is 0 Å². The Morgan fingerprint density at radius 1 is 1.26 bits per heavy atom. The van der Waals surface area contributed by atoms with Crippen LogP contribution >= 0.6 is 0 Å². The summed E-state index contributed by atoms with van der Waals surface area (Å²) < 4.78 is 19.2. The van der Waals surface area contributed by atoms with E-state index in [0.29, 0.717) is 12.3 Å². The fraction of sp³-hybridized carbons (Fsp3) is 0.350. The molecule has 0 bridgehead atoms. The molecule has 0 aliphatic carbocycles. The smallest absolute Gasteiger partial charge is 0.127 e. The van der Waals surface area contributed by atoms with E-state index in [0.717, 1.165) is 47.7 Å². The van der Waals surface area contributed by atoms with Gasteiger partial charge in [0.05, 0.1) is 25.2 Å². The highest BCUT2D eigenvalue weighted by molar-refractivity contribution is 5.36. The summed E-state index contributed by atoms with van der Waals surface area (Å²) >= 11 is 0. The SMILES string of the molecule is CCc1ncc(C2c3nc[nH]c3CCN2Cc2cc(F)ccc2OC)cn1. The van der Waals surface area contributed by atoms with Crippen molar-refractivity contribution in [2.75, 3.05) is 13.7 Å². The van der Waals surface area contributed by atoms with Crippen LogP contribution in [-0.2, 0) is 19.4 Å². The molecule has 0 radical (unpaired) electrons. The minimum absolute atomic E-state index is 0.0844. The molecule has 7 heteroatoms. The van der Waals surface area contributed by atoms with Crippen molar-refractivity contribution < 1.29 is 9.13 Å². The van der Waals surface area contributed by atoms with E-state index in [9.17, 15) is 4.39 Å². The van der Waals surface area contributed by atoms with Gasteiger partial charge in [-0.15, -0.1) is 0 Å². The Labute approximate surface area is 157 Å². The molecule has 1 aliphatic heterocycles. The zero-order valence-corrected chi connectivity index (χ0v) is 15.4. The second-order valence-electron chi connectivity index (χ2n) is 6.63. The van der Waals surface area contributed by atoms with Gasteiger partial charge < -0.3 is 9.72 Å². The lowest BCUT2D eigenvalue weighted by Crippen LogP contribution is -2.36. The van der Waals surface area contributed by atoms with Crippen molar-refractivity contribution in [3.8, 4) is 5.75 Å². The molecule has 6 nitrogen and oxygen atoms in total. The van der Waals surface area contributed by atoms with Crippen LogP contribution < -0.4 is 4.74 Å². The molecule has 1 aromatic carbocycles. The first-order valence-electron chi connectivity index (χ1n) is 9.09. The van der Waals surface area contributed by atoms with Gasteiger partial charge in [-0.05, 0) is 18.2 Å². The second-order valence-corrected chi connectivity index (χ2v) is 6.63. The van der Waals surface area contributed by atoms with E-state index in [2.05, 4.69) is 24.8 Å². The number of halogens is 1. The summed E-state index contributed by atoms with van der Waals surface area (Å²) in [6.45, 7) is 3.40. The lowest BCUT2D eigenvalue weighted by Gasteiger charge is -2.35. The zero-order chi connectivity index (χ0) is 18.8. The van der Waals surface area contributed by atoms with Crippen molar-refractivity contribution in [1.82, 2.24) is 24.8 Å². The van der Waals surface area contributed by atoms with Crippen LogP contribution in [0.25, 0.3) is 0 Å². The molecular weight excluding hydrogens is 345 g/mol. The summed E-state index contributed by atoms with van der Waals surface area (Å²) in [5, 5.41) is 0. The van der Waals surface area contributed by atoms with Gasteiger partial charge >= 0.3 is 0 Å². The Hall–Kier alpha value is -2.80. The van der Waals surface area contributed by atoms with Crippen LogP contribution in [0.3, 0.4) is 0 Å². The Balaban J connectivity index is 1.71. The summed E-state index contributed by atoms with van der Waals surface area (Å²) in [6.07, 6.45) is 7.12.